The maximum absolute atomic E-state index is 13.3. The summed E-state index contributed by atoms with van der Waals surface area (Å²) in [6, 6.07) is 10.5. The van der Waals surface area contributed by atoms with E-state index in [2.05, 4.69) is 59.4 Å². The smallest absolute Gasteiger partial charge is 0.257 e. The lowest BCUT2D eigenvalue weighted by molar-refractivity contribution is -0.134. The third kappa shape index (κ3) is 4.20. The molecule has 0 bridgehead atoms. The number of carbonyl (C=O) groups excluding carboxylic acids is 1. The number of rotatable bonds is 5. The molecule has 0 saturated carbocycles. The fourth-order valence-corrected chi connectivity index (χ4v) is 4.41. The fourth-order valence-electron chi connectivity index (χ4n) is 4.41. The van der Waals surface area contributed by atoms with Gasteiger partial charge >= 0.3 is 0 Å². The molecule has 2 aromatic rings. The van der Waals surface area contributed by atoms with Gasteiger partial charge in [-0.1, -0.05) is 19.1 Å². The number of likely N-dealkylation sites (N-methyl/N-ethyl adjacent to an activating group) is 1. The van der Waals surface area contributed by atoms with E-state index in [0.29, 0.717) is 6.54 Å². The Hall–Kier alpha value is -2.44. The van der Waals surface area contributed by atoms with E-state index >= 15 is 0 Å². The number of carbonyl (C=O) groups is 1. The monoisotopic (exact) mass is 407 g/mol. The quantitative estimate of drug-likeness (QED) is 0.765. The van der Waals surface area contributed by atoms with E-state index in [-0.39, 0.29) is 11.9 Å². The Morgan fingerprint density at radius 3 is 2.43 bits per heavy atom. The molecule has 0 unspecified atom stereocenters. The summed E-state index contributed by atoms with van der Waals surface area (Å²) in [5.41, 5.74) is 5.76. The number of benzene rings is 1. The van der Waals surface area contributed by atoms with Crippen molar-refractivity contribution in [3.63, 3.8) is 0 Å². The second-order valence-corrected chi connectivity index (χ2v) is 8.56. The van der Waals surface area contributed by atoms with E-state index in [4.69, 9.17) is 5.10 Å². The second-order valence-electron chi connectivity index (χ2n) is 8.56. The Morgan fingerprint density at radius 1 is 1.07 bits per heavy atom. The van der Waals surface area contributed by atoms with Crippen LogP contribution < -0.4 is 0 Å². The van der Waals surface area contributed by atoms with Crippen LogP contribution in [0, 0.1) is 13.8 Å². The van der Waals surface area contributed by atoms with Crippen molar-refractivity contribution in [3.05, 3.63) is 58.9 Å². The molecule has 6 nitrogen and oxygen atoms in total. The van der Waals surface area contributed by atoms with Gasteiger partial charge in [0.2, 0.25) is 0 Å². The lowest BCUT2D eigenvalue weighted by atomic mass is 9.98. The lowest BCUT2D eigenvalue weighted by Gasteiger charge is -2.34. The van der Waals surface area contributed by atoms with Gasteiger partial charge < -0.3 is 9.47 Å². The molecule has 30 heavy (non-hydrogen) atoms. The molecule has 0 radical (unpaired) electrons. The van der Waals surface area contributed by atoms with Crippen molar-refractivity contribution in [3.8, 4) is 0 Å². The van der Waals surface area contributed by atoms with Crippen LogP contribution in [0.4, 0.5) is 0 Å². The minimum atomic E-state index is -0.0500. The predicted molar refractivity (Wildman–Crippen MR) is 121 cm³/mol. The molecule has 1 saturated heterocycles. The van der Waals surface area contributed by atoms with Crippen LogP contribution in [0.5, 0.6) is 0 Å². The van der Waals surface area contributed by atoms with Crippen molar-refractivity contribution in [2.24, 2.45) is 12.1 Å². The Kier molecular flexibility index (Phi) is 6.06. The summed E-state index contributed by atoms with van der Waals surface area (Å²) in [6.07, 6.45) is 2.78. The summed E-state index contributed by atoms with van der Waals surface area (Å²) in [5.74, 6) is 0.0879. The van der Waals surface area contributed by atoms with Crippen LogP contribution in [0.1, 0.15) is 41.8 Å². The summed E-state index contributed by atoms with van der Waals surface area (Å²) in [5, 5.41) is 6.60. The van der Waals surface area contributed by atoms with Gasteiger partial charge in [-0.05, 0) is 55.3 Å². The maximum atomic E-state index is 13.3. The molecular weight excluding hydrogens is 374 g/mol. The van der Waals surface area contributed by atoms with Crippen LogP contribution in [-0.2, 0) is 11.8 Å². The van der Waals surface area contributed by atoms with Crippen LogP contribution in [0.25, 0.3) is 0 Å². The molecule has 0 aliphatic carbocycles. The van der Waals surface area contributed by atoms with Crippen molar-refractivity contribution < 1.29 is 4.79 Å². The highest BCUT2D eigenvalue weighted by Gasteiger charge is 2.35. The van der Waals surface area contributed by atoms with E-state index in [1.54, 1.807) is 5.01 Å². The number of aromatic nitrogens is 1. The third-order valence-electron chi connectivity index (χ3n) is 6.60. The normalized spacial score (nSPS) is 20.6. The molecule has 1 atom stereocenters. The third-order valence-corrected chi connectivity index (χ3v) is 6.60. The van der Waals surface area contributed by atoms with Gasteiger partial charge in [-0.2, -0.15) is 5.10 Å². The molecule has 3 heterocycles. The van der Waals surface area contributed by atoms with E-state index in [1.165, 1.54) is 11.1 Å². The van der Waals surface area contributed by atoms with E-state index in [9.17, 15) is 4.79 Å². The number of nitrogens with zero attached hydrogens (tertiary/aromatic N) is 5. The van der Waals surface area contributed by atoms with E-state index in [1.807, 2.05) is 19.3 Å². The zero-order valence-corrected chi connectivity index (χ0v) is 18.6. The summed E-state index contributed by atoms with van der Waals surface area (Å²) < 4.78 is 2.10. The first-order valence-electron chi connectivity index (χ1n) is 11.0. The average Bonchev–Trinajstić information content (AvgIpc) is 3.36. The van der Waals surface area contributed by atoms with E-state index in [0.717, 1.165) is 56.1 Å². The molecule has 4 rings (SSSR count). The SMILES string of the molecule is CCN1CCN(CC(=O)N2N=C(c3ccc(C)c(C)c3)C[C@H]2c2cccn2C)CC1. The molecule has 160 valence electrons. The molecule has 6 heteroatoms. The fraction of sp³-hybridized carbons (Fsp3) is 0.500. The Labute approximate surface area is 179 Å². The lowest BCUT2D eigenvalue weighted by Crippen LogP contribution is -2.49. The molecule has 2 aliphatic rings. The van der Waals surface area contributed by atoms with Gasteiger partial charge in [-0.3, -0.25) is 9.69 Å². The second kappa shape index (κ2) is 8.74. The van der Waals surface area contributed by atoms with Crippen molar-refractivity contribution in [2.45, 2.75) is 33.2 Å². The molecule has 1 aromatic carbocycles. The molecule has 0 N–H and O–H groups in total. The van der Waals surface area contributed by atoms with Gasteiger partial charge in [0.25, 0.3) is 5.91 Å². The number of aryl methyl sites for hydroxylation is 3. The van der Waals surface area contributed by atoms with Gasteiger partial charge in [0.1, 0.15) is 6.04 Å². The van der Waals surface area contributed by atoms with Crippen molar-refractivity contribution in [2.75, 3.05) is 39.3 Å². The predicted octanol–water partition coefficient (Wildman–Crippen LogP) is 2.96. The number of piperazine rings is 1. The van der Waals surface area contributed by atoms with Gasteiger partial charge in [-0.15, -0.1) is 0 Å². The highest BCUT2D eigenvalue weighted by molar-refractivity contribution is 6.03. The first kappa shape index (κ1) is 20.8. The van der Waals surface area contributed by atoms with Crippen LogP contribution >= 0.6 is 0 Å². The number of hydrogen-bond donors (Lipinski definition) is 0. The summed E-state index contributed by atoms with van der Waals surface area (Å²) in [4.78, 5) is 18.0. The highest BCUT2D eigenvalue weighted by Crippen LogP contribution is 2.33. The van der Waals surface area contributed by atoms with Gasteiger partial charge in [-0.25, -0.2) is 5.01 Å². The minimum Gasteiger partial charge on any atom is -0.353 e. The van der Waals surface area contributed by atoms with Gasteiger partial charge in [0, 0.05) is 51.5 Å². The van der Waals surface area contributed by atoms with Crippen LogP contribution in [0.3, 0.4) is 0 Å². The van der Waals surface area contributed by atoms with Crippen LogP contribution in [0.15, 0.2) is 41.6 Å². The molecule has 1 fully saturated rings. The Balaban J connectivity index is 1.56. The summed E-state index contributed by atoms with van der Waals surface area (Å²) >= 11 is 0. The van der Waals surface area contributed by atoms with Crippen molar-refractivity contribution in [1.29, 1.82) is 0 Å². The average molecular weight is 408 g/mol. The number of amides is 1. The first-order valence-corrected chi connectivity index (χ1v) is 11.0. The molecule has 1 aromatic heterocycles. The molecule has 0 spiro atoms. The Morgan fingerprint density at radius 2 is 1.80 bits per heavy atom. The Bertz CT molecular complexity index is 939. The maximum Gasteiger partial charge on any atom is 0.257 e. The highest BCUT2D eigenvalue weighted by atomic mass is 16.2. The molecular formula is C24H33N5O. The van der Waals surface area contributed by atoms with Gasteiger partial charge in [0.15, 0.2) is 0 Å². The largest absolute Gasteiger partial charge is 0.353 e. The van der Waals surface area contributed by atoms with Crippen LogP contribution in [0.2, 0.25) is 0 Å². The molecule has 2 aliphatic heterocycles. The summed E-state index contributed by atoms with van der Waals surface area (Å²) in [6.45, 7) is 11.9. The zero-order valence-electron chi connectivity index (χ0n) is 18.6. The zero-order chi connectivity index (χ0) is 21.3. The van der Waals surface area contributed by atoms with E-state index < -0.39 is 0 Å². The van der Waals surface area contributed by atoms with Gasteiger partial charge in [0.05, 0.1) is 12.3 Å². The standard InChI is InChI=1S/C24H33N5O/c1-5-27-11-13-28(14-12-27)17-24(30)29-23(22-7-6-10-26(22)4)16-21(25-29)20-9-8-18(2)19(3)15-20/h6-10,15,23H,5,11-14,16-17H2,1-4H3/t23-/m0/s1. The summed E-state index contributed by atoms with van der Waals surface area (Å²) in [7, 11) is 2.04. The van der Waals surface area contributed by atoms with Crippen molar-refractivity contribution in [1.82, 2.24) is 19.4 Å². The van der Waals surface area contributed by atoms with Crippen molar-refractivity contribution >= 4 is 11.6 Å². The van der Waals surface area contributed by atoms with Crippen LogP contribution in [-0.4, -0.2) is 70.3 Å². The number of hydrogen-bond acceptors (Lipinski definition) is 4. The number of hydrazone groups is 1. The molecule has 1 amide bonds. The first-order chi connectivity index (χ1) is 14.5. The minimum absolute atomic E-state index is 0.0500. The topological polar surface area (TPSA) is 44.1 Å².